The molecule has 3 saturated heterocycles. The standard InChI is InChI=1S/C48H59F2N11O6/c1-57-43-32(3-2-4-38(43)61(48(57)65)39-11-12-41(62)55-46(39)64)26-59-21-16-35(17-22-59)67-34-14-19-58(20-15-34)25-30-7-9-33(10-8-30)60-27-36(42(56-60)44(49)50)53-45(63)37-28-66-47(54-37)31-13-18-51-40(23-31)52-24-29-5-6-29/h2-4,13,18,23,27-30,33-35,39,44H,5-12,14-17,19-22,24-26H2,1H3,(H,51,52)(H,53,63)(H,55,62,64)/t30-,33-,39?. The van der Waals surface area contributed by atoms with Gasteiger partial charge in [0.1, 0.15) is 18.1 Å². The van der Waals surface area contributed by atoms with Crippen molar-refractivity contribution in [3.05, 3.63) is 76.4 Å². The van der Waals surface area contributed by atoms with Gasteiger partial charge in [-0.15, -0.1) is 0 Å². The number of ether oxygens (including phenoxy) is 1. The van der Waals surface area contributed by atoms with Gasteiger partial charge in [-0.05, 0) is 106 Å². The Kier molecular flexibility index (Phi) is 13.1. The topological polar surface area (TPSA) is 187 Å². The maximum atomic E-state index is 14.2. The first kappa shape index (κ1) is 45.0. The molecule has 2 saturated carbocycles. The van der Waals surface area contributed by atoms with Crippen molar-refractivity contribution in [2.45, 2.75) is 114 Å². The molecule has 19 heteroatoms. The van der Waals surface area contributed by atoms with Crippen molar-refractivity contribution in [2.24, 2.45) is 18.9 Å². The lowest BCUT2D eigenvalue weighted by Gasteiger charge is -2.39. The zero-order valence-corrected chi connectivity index (χ0v) is 37.9. The summed E-state index contributed by atoms with van der Waals surface area (Å²) in [5.41, 5.74) is 2.45. The van der Waals surface area contributed by atoms with Crippen LogP contribution in [0, 0.1) is 11.8 Å². The van der Waals surface area contributed by atoms with Crippen LogP contribution in [0.25, 0.3) is 22.5 Å². The average Bonchev–Trinajstić information content (AvgIpc) is 3.73. The van der Waals surface area contributed by atoms with Crippen molar-refractivity contribution >= 4 is 40.3 Å². The fraction of sp³-hybridized carbons (Fsp3) is 0.562. The molecule has 2 aliphatic carbocycles. The Bertz CT molecular complexity index is 2650. The summed E-state index contributed by atoms with van der Waals surface area (Å²) in [5, 5.41) is 12.6. The van der Waals surface area contributed by atoms with Crippen molar-refractivity contribution in [1.82, 2.24) is 44.0 Å². The zero-order chi connectivity index (χ0) is 46.2. The van der Waals surface area contributed by atoms with E-state index in [-0.39, 0.29) is 53.5 Å². The van der Waals surface area contributed by atoms with Crippen LogP contribution in [0.1, 0.15) is 117 Å². The first-order valence-electron chi connectivity index (χ1n) is 24.0. The molecule has 7 heterocycles. The van der Waals surface area contributed by atoms with Gasteiger partial charge in [-0.3, -0.25) is 38.4 Å². The highest BCUT2D eigenvalue weighted by Crippen LogP contribution is 2.36. The number of aromatic nitrogens is 6. The highest BCUT2D eigenvalue weighted by Gasteiger charge is 2.34. The van der Waals surface area contributed by atoms with Gasteiger partial charge < -0.3 is 24.7 Å². The fourth-order valence-corrected chi connectivity index (χ4v) is 10.6. The molecule has 1 atom stereocenters. The van der Waals surface area contributed by atoms with Gasteiger partial charge in [-0.2, -0.15) is 5.10 Å². The van der Waals surface area contributed by atoms with Crippen LogP contribution in [-0.2, 0) is 27.9 Å². The number of hydrogen-bond acceptors (Lipinski definition) is 12. The van der Waals surface area contributed by atoms with Crippen LogP contribution in [0.5, 0.6) is 0 Å². The predicted molar refractivity (Wildman–Crippen MR) is 245 cm³/mol. The minimum Gasteiger partial charge on any atom is -0.444 e. The van der Waals surface area contributed by atoms with Gasteiger partial charge in [0.15, 0.2) is 11.4 Å². The molecule has 5 aliphatic rings. The molecule has 67 heavy (non-hydrogen) atoms. The number of halogens is 2. The summed E-state index contributed by atoms with van der Waals surface area (Å²) in [6.45, 7) is 6.29. The molecule has 5 fully saturated rings. The smallest absolute Gasteiger partial charge is 0.329 e. The summed E-state index contributed by atoms with van der Waals surface area (Å²) in [7, 11) is 1.75. The summed E-state index contributed by atoms with van der Waals surface area (Å²) in [6.07, 6.45) is 12.3. The molecule has 0 bridgehead atoms. The number of piperidine rings is 3. The van der Waals surface area contributed by atoms with Gasteiger partial charge in [0, 0.05) is 77.2 Å². The van der Waals surface area contributed by atoms with Crippen molar-refractivity contribution < 1.29 is 32.3 Å². The quantitative estimate of drug-likeness (QED) is 0.0976. The maximum Gasteiger partial charge on any atom is 0.329 e. The Labute approximate surface area is 386 Å². The second-order valence-electron chi connectivity index (χ2n) is 19.2. The molecule has 1 unspecified atom stereocenters. The van der Waals surface area contributed by atoms with Gasteiger partial charge in [-0.25, -0.2) is 23.5 Å². The number of imidazole rings is 1. The highest BCUT2D eigenvalue weighted by atomic mass is 19.3. The van der Waals surface area contributed by atoms with E-state index in [0.29, 0.717) is 41.7 Å². The van der Waals surface area contributed by atoms with Crippen LogP contribution >= 0.6 is 0 Å². The predicted octanol–water partition coefficient (Wildman–Crippen LogP) is 6.45. The molecule has 356 valence electrons. The molecule has 3 N–H and O–H groups in total. The van der Waals surface area contributed by atoms with E-state index in [2.05, 4.69) is 40.8 Å². The number of rotatable bonds is 15. The summed E-state index contributed by atoms with van der Waals surface area (Å²) in [5.74, 6) is 0.719. The van der Waals surface area contributed by atoms with Crippen LogP contribution < -0.4 is 21.6 Å². The second-order valence-corrected chi connectivity index (χ2v) is 19.2. The van der Waals surface area contributed by atoms with Gasteiger partial charge in [0.05, 0.1) is 35.0 Å². The molecule has 4 aromatic heterocycles. The number of alkyl halides is 2. The number of carbonyl (C=O) groups is 3. The fourth-order valence-electron chi connectivity index (χ4n) is 10.6. The molecule has 0 spiro atoms. The lowest BCUT2D eigenvalue weighted by Crippen LogP contribution is -2.44. The van der Waals surface area contributed by atoms with Crippen molar-refractivity contribution in [1.29, 1.82) is 0 Å². The molecule has 3 amide bonds. The number of para-hydroxylation sites is 1. The maximum absolute atomic E-state index is 14.2. The van der Waals surface area contributed by atoms with Crippen LogP contribution in [0.4, 0.5) is 20.3 Å². The minimum atomic E-state index is -2.86. The van der Waals surface area contributed by atoms with Gasteiger partial charge in [0.2, 0.25) is 17.7 Å². The SMILES string of the molecule is Cn1c(=O)n(C2CCC(=O)NC2=O)c2cccc(CN3CCC(OC4CCN(C[C@H]5CC[C@H](n6cc(NC(=O)c7coc(-c8ccnc(NCC9CC9)c8)n7)c(C(F)F)n6)CC5)CC4)CC3)c21. The van der Waals surface area contributed by atoms with Gasteiger partial charge in [0.25, 0.3) is 12.3 Å². The van der Waals surface area contributed by atoms with E-state index in [0.717, 1.165) is 102 Å². The van der Waals surface area contributed by atoms with E-state index in [4.69, 9.17) is 9.15 Å². The average molecular weight is 924 g/mol. The molecule has 0 radical (unpaired) electrons. The number of amides is 3. The number of nitrogens with zero attached hydrogens (tertiary/aromatic N) is 8. The van der Waals surface area contributed by atoms with Gasteiger partial charge in [-0.1, -0.05) is 12.1 Å². The van der Waals surface area contributed by atoms with Crippen LogP contribution in [-0.4, -0.2) is 108 Å². The largest absolute Gasteiger partial charge is 0.444 e. The third kappa shape index (κ3) is 10.1. The third-order valence-electron chi connectivity index (χ3n) is 14.5. The number of hydrogen-bond donors (Lipinski definition) is 3. The Hall–Kier alpha value is -5.79. The Balaban J connectivity index is 0.658. The van der Waals surface area contributed by atoms with Crippen molar-refractivity contribution in [3.8, 4) is 11.5 Å². The first-order chi connectivity index (χ1) is 32.5. The number of nitrogens with one attached hydrogen (secondary N) is 3. The number of fused-ring (bicyclic) bond motifs is 1. The number of benzene rings is 1. The molecular formula is C48H59F2N11O6. The Morgan fingerprint density at radius 3 is 2.37 bits per heavy atom. The summed E-state index contributed by atoms with van der Waals surface area (Å²) in [4.78, 5) is 64.7. The number of anilines is 2. The zero-order valence-electron chi connectivity index (χ0n) is 37.9. The minimum absolute atomic E-state index is 0.0228. The number of pyridine rings is 1. The van der Waals surface area contributed by atoms with Crippen LogP contribution in [0.15, 0.2) is 58.2 Å². The summed E-state index contributed by atoms with van der Waals surface area (Å²) >= 11 is 0. The Morgan fingerprint density at radius 2 is 1.66 bits per heavy atom. The first-order valence-corrected chi connectivity index (χ1v) is 24.0. The molecule has 5 aromatic rings. The number of imide groups is 1. The lowest BCUT2D eigenvalue weighted by molar-refractivity contribution is -0.135. The Morgan fingerprint density at radius 1 is 0.925 bits per heavy atom. The number of carbonyl (C=O) groups excluding carboxylic acids is 3. The van der Waals surface area contributed by atoms with Crippen molar-refractivity contribution in [3.63, 3.8) is 0 Å². The van der Waals surface area contributed by atoms with E-state index >= 15 is 0 Å². The van der Waals surface area contributed by atoms with Crippen molar-refractivity contribution in [2.75, 3.05) is 49.9 Å². The van der Waals surface area contributed by atoms with E-state index in [1.165, 1.54) is 25.3 Å². The van der Waals surface area contributed by atoms with E-state index in [1.54, 1.807) is 33.1 Å². The second kappa shape index (κ2) is 19.4. The molecule has 1 aromatic carbocycles. The summed E-state index contributed by atoms with van der Waals surface area (Å²) in [6, 6.07) is 8.66. The number of aryl methyl sites for hydroxylation is 1. The molecule has 10 rings (SSSR count). The van der Waals surface area contributed by atoms with Crippen LogP contribution in [0.3, 0.4) is 0 Å². The van der Waals surface area contributed by atoms with E-state index in [1.807, 2.05) is 24.3 Å². The third-order valence-corrected chi connectivity index (χ3v) is 14.5. The molecule has 3 aliphatic heterocycles. The molecular weight excluding hydrogens is 865 g/mol. The number of likely N-dealkylation sites (tertiary alicyclic amines) is 2. The molecule has 17 nitrogen and oxygen atoms in total. The normalized spacial score (nSPS) is 22.7. The van der Waals surface area contributed by atoms with Crippen LogP contribution in [0.2, 0.25) is 0 Å². The van der Waals surface area contributed by atoms with E-state index < -0.39 is 30.0 Å². The van der Waals surface area contributed by atoms with E-state index in [9.17, 15) is 28.0 Å². The summed E-state index contributed by atoms with van der Waals surface area (Å²) < 4.78 is 45.5. The monoisotopic (exact) mass is 923 g/mol. The van der Waals surface area contributed by atoms with Gasteiger partial charge >= 0.3 is 5.69 Å². The number of oxazole rings is 1. The highest BCUT2D eigenvalue weighted by molar-refractivity contribution is 6.03. The lowest BCUT2D eigenvalue weighted by atomic mass is 9.85.